The summed E-state index contributed by atoms with van der Waals surface area (Å²) < 4.78 is 5.95. The zero-order valence-electron chi connectivity index (χ0n) is 11.9. The van der Waals surface area contributed by atoms with Crippen LogP contribution in [-0.2, 0) is 13.0 Å². The lowest BCUT2D eigenvalue weighted by Crippen LogP contribution is -2.06. The standard InChI is InChI=1S/C17H20ClNO/c1-3-5-13-8-10-15(11-9-13)20-17-14(12-19-2)6-4-7-16(17)18/h4,6-11,19H,3,5,12H2,1-2H3. The minimum atomic E-state index is 0.635. The summed E-state index contributed by atoms with van der Waals surface area (Å²) in [6.45, 7) is 2.90. The van der Waals surface area contributed by atoms with Gasteiger partial charge in [-0.2, -0.15) is 0 Å². The van der Waals surface area contributed by atoms with Crippen LogP contribution in [0.4, 0.5) is 0 Å². The van der Waals surface area contributed by atoms with Crippen molar-refractivity contribution in [2.24, 2.45) is 0 Å². The molecule has 2 aromatic carbocycles. The summed E-state index contributed by atoms with van der Waals surface area (Å²) in [5, 5.41) is 3.76. The van der Waals surface area contributed by atoms with Crippen molar-refractivity contribution in [1.29, 1.82) is 0 Å². The Hall–Kier alpha value is -1.51. The Labute approximate surface area is 125 Å². The van der Waals surface area contributed by atoms with Crippen LogP contribution in [0.2, 0.25) is 5.02 Å². The molecule has 1 N–H and O–H groups in total. The molecule has 0 aliphatic heterocycles. The van der Waals surface area contributed by atoms with E-state index in [4.69, 9.17) is 16.3 Å². The molecule has 0 fully saturated rings. The molecule has 3 heteroatoms. The first-order valence-electron chi connectivity index (χ1n) is 6.93. The third-order valence-corrected chi connectivity index (χ3v) is 3.40. The fourth-order valence-corrected chi connectivity index (χ4v) is 2.36. The summed E-state index contributed by atoms with van der Waals surface area (Å²) in [4.78, 5) is 0. The van der Waals surface area contributed by atoms with Crippen molar-refractivity contribution in [1.82, 2.24) is 5.32 Å². The lowest BCUT2D eigenvalue weighted by atomic mass is 10.1. The van der Waals surface area contributed by atoms with Gasteiger partial charge in [-0.15, -0.1) is 0 Å². The minimum absolute atomic E-state index is 0.635. The highest BCUT2D eigenvalue weighted by molar-refractivity contribution is 6.32. The predicted molar refractivity (Wildman–Crippen MR) is 84.7 cm³/mol. The first kappa shape index (κ1) is 14.9. The fraction of sp³-hybridized carbons (Fsp3) is 0.294. The second kappa shape index (κ2) is 7.32. The van der Waals surface area contributed by atoms with Crippen LogP contribution in [0.5, 0.6) is 11.5 Å². The van der Waals surface area contributed by atoms with E-state index in [2.05, 4.69) is 24.4 Å². The molecule has 0 aromatic heterocycles. The van der Waals surface area contributed by atoms with Gasteiger partial charge in [0.1, 0.15) is 11.5 Å². The average Bonchev–Trinajstić information content (AvgIpc) is 2.45. The summed E-state index contributed by atoms with van der Waals surface area (Å²) in [6, 6.07) is 14.0. The van der Waals surface area contributed by atoms with Crippen LogP contribution >= 0.6 is 11.6 Å². The van der Waals surface area contributed by atoms with Crippen LogP contribution in [0.3, 0.4) is 0 Å². The molecule has 0 spiro atoms. The smallest absolute Gasteiger partial charge is 0.150 e. The molecule has 0 saturated carbocycles. The van der Waals surface area contributed by atoms with E-state index < -0.39 is 0 Å². The molecule has 20 heavy (non-hydrogen) atoms. The summed E-state index contributed by atoms with van der Waals surface area (Å²) in [5.41, 5.74) is 2.38. The number of halogens is 1. The van der Waals surface area contributed by atoms with Crippen molar-refractivity contribution >= 4 is 11.6 Å². The van der Waals surface area contributed by atoms with Crippen LogP contribution in [0.25, 0.3) is 0 Å². The lowest BCUT2D eigenvalue weighted by Gasteiger charge is -2.13. The number of rotatable bonds is 6. The van der Waals surface area contributed by atoms with E-state index in [1.165, 1.54) is 5.56 Å². The van der Waals surface area contributed by atoms with Gasteiger partial charge < -0.3 is 10.1 Å². The van der Waals surface area contributed by atoms with Crippen molar-refractivity contribution < 1.29 is 4.74 Å². The van der Waals surface area contributed by atoms with E-state index in [0.29, 0.717) is 5.02 Å². The Morgan fingerprint density at radius 1 is 1.10 bits per heavy atom. The molecule has 2 aromatic rings. The van der Waals surface area contributed by atoms with Gasteiger partial charge in [0.05, 0.1) is 5.02 Å². The molecule has 0 aliphatic carbocycles. The first-order chi connectivity index (χ1) is 9.74. The Morgan fingerprint density at radius 2 is 1.85 bits per heavy atom. The number of ether oxygens (including phenoxy) is 1. The molecular formula is C17H20ClNO. The van der Waals surface area contributed by atoms with Gasteiger partial charge in [-0.1, -0.05) is 49.2 Å². The molecular weight excluding hydrogens is 270 g/mol. The highest BCUT2D eigenvalue weighted by Gasteiger charge is 2.09. The van der Waals surface area contributed by atoms with Gasteiger partial charge in [-0.05, 0) is 37.2 Å². The average molecular weight is 290 g/mol. The van der Waals surface area contributed by atoms with Crippen LogP contribution < -0.4 is 10.1 Å². The maximum Gasteiger partial charge on any atom is 0.150 e. The largest absolute Gasteiger partial charge is 0.455 e. The summed E-state index contributed by atoms with van der Waals surface area (Å²) in [7, 11) is 1.91. The van der Waals surface area contributed by atoms with Crippen molar-refractivity contribution in [3.8, 4) is 11.5 Å². The van der Waals surface area contributed by atoms with Crippen LogP contribution in [0.15, 0.2) is 42.5 Å². The van der Waals surface area contributed by atoms with Crippen molar-refractivity contribution in [3.05, 3.63) is 58.6 Å². The van der Waals surface area contributed by atoms with E-state index in [0.717, 1.165) is 36.4 Å². The van der Waals surface area contributed by atoms with E-state index in [9.17, 15) is 0 Å². The minimum Gasteiger partial charge on any atom is -0.455 e. The monoisotopic (exact) mass is 289 g/mol. The van der Waals surface area contributed by atoms with Crippen molar-refractivity contribution in [3.63, 3.8) is 0 Å². The fourth-order valence-electron chi connectivity index (χ4n) is 2.13. The molecule has 0 amide bonds. The zero-order valence-corrected chi connectivity index (χ0v) is 12.7. The second-order valence-electron chi connectivity index (χ2n) is 4.75. The molecule has 0 radical (unpaired) electrons. The number of hydrogen-bond donors (Lipinski definition) is 1. The number of hydrogen-bond acceptors (Lipinski definition) is 2. The van der Waals surface area contributed by atoms with Crippen molar-refractivity contribution in [2.45, 2.75) is 26.3 Å². The van der Waals surface area contributed by atoms with E-state index in [1.54, 1.807) is 0 Å². The Morgan fingerprint density at radius 3 is 2.50 bits per heavy atom. The summed E-state index contributed by atoms with van der Waals surface area (Å²) in [6.07, 6.45) is 2.24. The number of benzene rings is 2. The molecule has 0 atom stereocenters. The van der Waals surface area contributed by atoms with Crippen LogP contribution in [0.1, 0.15) is 24.5 Å². The molecule has 2 nitrogen and oxygen atoms in total. The molecule has 0 saturated heterocycles. The zero-order chi connectivity index (χ0) is 14.4. The number of aryl methyl sites for hydroxylation is 1. The van der Waals surface area contributed by atoms with E-state index in [-0.39, 0.29) is 0 Å². The highest BCUT2D eigenvalue weighted by Crippen LogP contribution is 2.33. The third kappa shape index (κ3) is 3.75. The van der Waals surface area contributed by atoms with Gasteiger partial charge in [0.2, 0.25) is 0 Å². The lowest BCUT2D eigenvalue weighted by molar-refractivity contribution is 0.474. The molecule has 106 valence electrons. The Kier molecular flexibility index (Phi) is 5.45. The molecule has 0 bridgehead atoms. The quantitative estimate of drug-likeness (QED) is 0.824. The van der Waals surface area contributed by atoms with Crippen LogP contribution in [0, 0.1) is 0 Å². The predicted octanol–water partition coefficient (Wildman–Crippen LogP) is 4.80. The Bertz CT molecular complexity index is 551. The van der Waals surface area contributed by atoms with Crippen molar-refractivity contribution in [2.75, 3.05) is 7.05 Å². The van der Waals surface area contributed by atoms with Gasteiger partial charge in [0.15, 0.2) is 0 Å². The maximum atomic E-state index is 6.24. The van der Waals surface area contributed by atoms with Gasteiger partial charge in [-0.25, -0.2) is 0 Å². The van der Waals surface area contributed by atoms with Gasteiger partial charge >= 0.3 is 0 Å². The van der Waals surface area contributed by atoms with Gasteiger partial charge in [0.25, 0.3) is 0 Å². The maximum absolute atomic E-state index is 6.24. The first-order valence-corrected chi connectivity index (χ1v) is 7.31. The number of nitrogens with one attached hydrogen (secondary N) is 1. The summed E-state index contributed by atoms with van der Waals surface area (Å²) >= 11 is 6.24. The normalized spacial score (nSPS) is 10.6. The molecule has 0 heterocycles. The van der Waals surface area contributed by atoms with E-state index in [1.807, 2.05) is 37.4 Å². The summed E-state index contributed by atoms with van der Waals surface area (Å²) in [5.74, 6) is 1.54. The van der Waals surface area contributed by atoms with Gasteiger partial charge in [0, 0.05) is 12.1 Å². The molecule has 0 aliphatic rings. The highest BCUT2D eigenvalue weighted by atomic mass is 35.5. The number of para-hydroxylation sites is 1. The Balaban J connectivity index is 2.20. The third-order valence-electron chi connectivity index (χ3n) is 3.10. The topological polar surface area (TPSA) is 21.3 Å². The van der Waals surface area contributed by atoms with Gasteiger partial charge in [-0.3, -0.25) is 0 Å². The second-order valence-corrected chi connectivity index (χ2v) is 5.16. The van der Waals surface area contributed by atoms with E-state index >= 15 is 0 Å². The van der Waals surface area contributed by atoms with Crippen LogP contribution in [-0.4, -0.2) is 7.05 Å². The molecule has 2 rings (SSSR count). The SMILES string of the molecule is CCCc1ccc(Oc2c(Cl)cccc2CNC)cc1. The molecule has 0 unspecified atom stereocenters.